The van der Waals surface area contributed by atoms with Crippen LogP contribution in [0.5, 0.6) is 5.75 Å². The fourth-order valence-corrected chi connectivity index (χ4v) is 3.45. The standard InChI is InChI=1S/C21H22F3N3O2S/c1-14-6-2-3-7-18(14)29-13-19(28)26-20(30)25-16-12-15(21(22,23)24)8-9-17(16)27-10-4-5-11-27/h2-3,6-9,12H,4-5,10-11,13H2,1H3,(H2,25,26,28,30). The summed E-state index contributed by atoms with van der Waals surface area (Å²) in [5.41, 5.74) is 0.917. The van der Waals surface area contributed by atoms with Gasteiger partial charge in [-0.1, -0.05) is 18.2 Å². The number of rotatable bonds is 5. The van der Waals surface area contributed by atoms with Gasteiger partial charge >= 0.3 is 6.18 Å². The molecule has 5 nitrogen and oxygen atoms in total. The van der Waals surface area contributed by atoms with Crippen LogP contribution in [0.25, 0.3) is 0 Å². The minimum atomic E-state index is -4.48. The van der Waals surface area contributed by atoms with Crippen molar-refractivity contribution < 1.29 is 22.7 Å². The van der Waals surface area contributed by atoms with E-state index in [1.807, 2.05) is 24.0 Å². The number of benzene rings is 2. The van der Waals surface area contributed by atoms with E-state index in [0.717, 1.165) is 43.6 Å². The maximum atomic E-state index is 13.2. The summed E-state index contributed by atoms with van der Waals surface area (Å²) in [7, 11) is 0. The highest BCUT2D eigenvalue weighted by Crippen LogP contribution is 2.36. The number of ether oxygens (including phenoxy) is 1. The molecule has 3 rings (SSSR count). The van der Waals surface area contributed by atoms with Gasteiger partial charge in [-0.3, -0.25) is 10.1 Å². The highest BCUT2D eigenvalue weighted by molar-refractivity contribution is 7.80. The summed E-state index contributed by atoms with van der Waals surface area (Å²) in [6.45, 7) is 3.09. The number of amides is 1. The normalized spacial score (nSPS) is 13.8. The van der Waals surface area contributed by atoms with E-state index >= 15 is 0 Å². The van der Waals surface area contributed by atoms with Crippen LogP contribution in [0.4, 0.5) is 24.5 Å². The van der Waals surface area contributed by atoms with Gasteiger partial charge in [0.25, 0.3) is 5.91 Å². The Morgan fingerprint density at radius 3 is 2.53 bits per heavy atom. The third-order valence-electron chi connectivity index (χ3n) is 4.72. The zero-order chi connectivity index (χ0) is 21.7. The number of aryl methyl sites for hydroxylation is 1. The maximum absolute atomic E-state index is 13.2. The smallest absolute Gasteiger partial charge is 0.416 e. The molecule has 0 saturated carbocycles. The first-order chi connectivity index (χ1) is 14.2. The van der Waals surface area contributed by atoms with E-state index in [1.54, 1.807) is 12.1 Å². The molecule has 1 aliphatic rings. The first kappa shape index (κ1) is 21.9. The van der Waals surface area contributed by atoms with Crippen LogP contribution in [0.1, 0.15) is 24.0 Å². The van der Waals surface area contributed by atoms with Crippen molar-refractivity contribution in [3.63, 3.8) is 0 Å². The van der Waals surface area contributed by atoms with Gasteiger partial charge in [0.15, 0.2) is 11.7 Å². The van der Waals surface area contributed by atoms with E-state index in [4.69, 9.17) is 17.0 Å². The molecule has 0 bridgehead atoms. The maximum Gasteiger partial charge on any atom is 0.416 e. The van der Waals surface area contributed by atoms with Crippen molar-refractivity contribution in [2.24, 2.45) is 0 Å². The van der Waals surface area contributed by atoms with Crippen molar-refractivity contribution in [1.29, 1.82) is 0 Å². The molecule has 1 heterocycles. The highest BCUT2D eigenvalue weighted by Gasteiger charge is 2.32. The largest absolute Gasteiger partial charge is 0.483 e. The Morgan fingerprint density at radius 1 is 1.17 bits per heavy atom. The number of alkyl halides is 3. The molecule has 0 radical (unpaired) electrons. The lowest BCUT2D eigenvalue weighted by Gasteiger charge is -2.23. The van der Waals surface area contributed by atoms with E-state index in [0.29, 0.717) is 11.4 Å². The van der Waals surface area contributed by atoms with Crippen LogP contribution in [-0.2, 0) is 11.0 Å². The number of halogens is 3. The zero-order valence-electron chi connectivity index (χ0n) is 16.4. The Hall–Kier alpha value is -2.81. The van der Waals surface area contributed by atoms with Crippen molar-refractivity contribution in [2.75, 3.05) is 29.9 Å². The van der Waals surface area contributed by atoms with Crippen LogP contribution in [0.2, 0.25) is 0 Å². The number of nitrogens with one attached hydrogen (secondary N) is 2. The molecule has 2 aromatic carbocycles. The molecular weight excluding hydrogens is 415 g/mol. The molecule has 1 aliphatic heterocycles. The third kappa shape index (κ3) is 5.63. The second-order valence-electron chi connectivity index (χ2n) is 6.98. The number of hydrogen-bond acceptors (Lipinski definition) is 4. The topological polar surface area (TPSA) is 53.6 Å². The third-order valence-corrected chi connectivity index (χ3v) is 4.93. The van der Waals surface area contributed by atoms with Gasteiger partial charge in [0.1, 0.15) is 5.75 Å². The van der Waals surface area contributed by atoms with Crippen LogP contribution < -0.4 is 20.3 Å². The molecule has 0 unspecified atom stereocenters. The Balaban J connectivity index is 1.67. The fourth-order valence-electron chi connectivity index (χ4n) is 3.22. The van der Waals surface area contributed by atoms with Crippen molar-refractivity contribution in [3.05, 3.63) is 53.6 Å². The predicted molar refractivity (Wildman–Crippen MR) is 114 cm³/mol. The molecular formula is C21H22F3N3O2S. The minimum absolute atomic E-state index is 0.0897. The predicted octanol–water partition coefficient (Wildman–Crippen LogP) is 4.51. The van der Waals surface area contributed by atoms with Gasteiger partial charge in [-0.25, -0.2) is 0 Å². The number of para-hydroxylation sites is 1. The van der Waals surface area contributed by atoms with E-state index in [1.165, 1.54) is 6.07 Å². The van der Waals surface area contributed by atoms with E-state index in [-0.39, 0.29) is 17.4 Å². The number of carbonyl (C=O) groups is 1. The van der Waals surface area contributed by atoms with Gasteiger partial charge in [-0.05, 0) is 61.8 Å². The van der Waals surface area contributed by atoms with Gasteiger partial charge in [-0.15, -0.1) is 0 Å². The summed E-state index contributed by atoms with van der Waals surface area (Å²) in [5.74, 6) is 0.0613. The molecule has 0 aliphatic carbocycles. The van der Waals surface area contributed by atoms with Gasteiger partial charge in [0.2, 0.25) is 0 Å². The summed E-state index contributed by atoms with van der Waals surface area (Å²) in [6, 6.07) is 10.7. The SMILES string of the molecule is Cc1ccccc1OCC(=O)NC(=S)Nc1cc(C(F)(F)F)ccc1N1CCCC1. The Morgan fingerprint density at radius 2 is 1.87 bits per heavy atom. The number of thiocarbonyl (C=S) groups is 1. The van der Waals surface area contributed by atoms with Crippen LogP contribution >= 0.6 is 12.2 Å². The van der Waals surface area contributed by atoms with E-state index < -0.39 is 17.6 Å². The molecule has 2 N–H and O–H groups in total. The van der Waals surface area contributed by atoms with Gasteiger partial charge in [-0.2, -0.15) is 13.2 Å². The molecule has 1 fully saturated rings. The molecule has 9 heteroatoms. The van der Waals surface area contributed by atoms with Crippen LogP contribution in [-0.4, -0.2) is 30.7 Å². The second-order valence-corrected chi connectivity index (χ2v) is 7.39. The van der Waals surface area contributed by atoms with Gasteiger partial charge in [0.05, 0.1) is 16.9 Å². The lowest BCUT2D eigenvalue weighted by Crippen LogP contribution is -2.37. The molecule has 0 atom stereocenters. The Kier molecular flexibility index (Phi) is 6.81. The number of hydrogen-bond donors (Lipinski definition) is 2. The molecule has 30 heavy (non-hydrogen) atoms. The zero-order valence-corrected chi connectivity index (χ0v) is 17.2. The Labute approximate surface area is 178 Å². The van der Waals surface area contributed by atoms with Crippen LogP contribution in [0, 0.1) is 6.92 Å². The second kappa shape index (κ2) is 9.34. The lowest BCUT2D eigenvalue weighted by atomic mass is 10.1. The van der Waals surface area contributed by atoms with Crippen molar-refractivity contribution in [1.82, 2.24) is 5.32 Å². The highest BCUT2D eigenvalue weighted by atomic mass is 32.1. The number of anilines is 2. The van der Waals surface area contributed by atoms with Gasteiger partial charge < -0.3 is 15.0 Å². The van der Waals surface area contributed by atoms with Crippen LogP contribution in [0.3, 0.4) is 0 Å². The van der Waals surface area contributed by atoms with Crippen molar-refractivity contribution >= 4 is 34.6 Å². The molecule has 0 spiro atoms. The lowest BCUT2D eigenvalue weighted by molar-refractivity contribution is -0.137. The first-order valence-electron chi connectivity index (χ1n) is 9.49. The minimum Gasteiger partial charge on any atom is -0.483 e. The van der Waals surface area contributed by atoms with E-state index in [9.17, 15) is 18.0 Å². The molecule has 2 aromatic rings. The quantitative estimate of drug-likeness (QED) is 0.675. The molecule has 1 amide bonds. The summed E-state index contributed by atoms with van der Waals surface area (Å²) in [6.07, 6.45) is -2.54. The first-order valence-corrected chi connectivity index (χ1v) is 9.90. The molecule has 160 valence electrons. The number of carbonyl (C=O) groups excluding carboxylic acids is 1. The average molecular weight is 437 g/mol. The molecule has 0 aromatic heterocycles. The summed E-state index contributed by atoms with van der Waals surface area (Å²) in [4.78, 5) is 14.1. The van der Waals surface area contributed by atoms with Crippen LogP contribution in [0.15, 0.2) is 42.5 Å². The molecule has 1 saturated heterocycles. The summed E-state index contributed by atoms with van der Waals surface area (Å²) in [5, 5.41) is 5.10. The van der Waals surface area contributed by atoms with Gasteiger partial charge in [0, 0.05) is 13.1 Å². The Bertz CT molecular complexity index is 928. The van der Waals surface area contributed by atoms with E-state index in [2.05, 4.69) is 10.6 Å². The average Bonchev–Trinajstić information content (AvgIpc) is 3.21. The van der Waals surface area contributed by atoms with Crippen molar-refractivity contribution in [3.8, 4) is 5.75 Å². The summed E-state index contributed by atoms with van der Waals surface area (Å²) >= 11 is 5.14. The summed E-state index contributed by atoms with van der Waals surface area (Å²) < 4.78 is 44.9. The number of nitrogens with zero attached hydrogens (tertiary/aromatic N) is 1. The monoisotopic (exact) mass is 437 g/mol. The fraction of sp³-hybridized carbons (Fsp3) is 0.333. The van der Waals surface area contributed by atoms with Crippen molar-refractivity contribution in [2.45, 2.75) is 25.9 Å².